The van der Waals surface area contributed by atoms with E-state index in [9.17, 15) is 0 Å². The van der Waals surface area contributed by atoms with Gasteiger partial charge in [0.05, 0.1) is 17.3 Å². The molecule has 1 aromatic heterocycles. The Morgan fingerprint density at radius 1 is 1.08 bits per heavy atom. The maximum Gasteiger partial charge on any atom is 0.171 e. The fourth-order valence-corrected chi connectivity index (χ4v) is 3.19. The van der Waals surface area contributed by atoms with Gasteiger partial charge in [0.25, 0.3) is 0 Å². The third-order valence-electron chi connectivity index (χ3n) is 3.98. The van der Waals surface area contributed by atoms with Crippen LogP contribution < -0.4 is 4.74 Å². The third kappa shape index (κ3) is 4.57. The summed E-state index contributed by atoms with van der Waals surface area (Å²) in [7, 11) is 0. The molecule has 0 aliphatic heterocycles. The molecule has 6 heteroatoms. The molecule has 132 valence electrons. The molecule has 3 aromatic rings. The highest BCUT2D eigenvalue weighted by atomic mass is 35.5. The van der Waals surface area contributed by atoms with Gasteiger partial charge in [0.2, 0.25) is 0 Å². The lowest BCUT2D eigenvalue weighted by Crippen LogP contribution is -1.94. The summed E-state index contributed by atoms with van der Waals surface area (Å²) < 4.78 is 5.98. The highest BCUT2D eigenvalue weighted by Gasteiger charge is 2.13. The first kappa shape index (κ1) is 18.3. The van der Waals surface area contributed by atoms with E-state index in [1.165, 1.54) is 5.56 Å². The Hall–Kier alpha value is -2.48. The van der Waals surface area contributed by atoms with Gasteiger partial charge in [-0.25, -0.2) is 0 Å². The minimum absolute atomic E-state index is 0.524. The van der Waals surface area contributed by atoms with Crippen LogP contribution in [0.25, 0.3) is 0 Å². The predicted octanol–water partition coefficient (Wildman–Crippen LogP) is 5.86. The van der Waals surface area contributed by atoms with Crippen molar-refractivity contribution in [1.29, 1.82) is 5.26 Å². The van der Waals surface area contributed by atoms with Crippen LogP contribution in [-0.4, -0.2) is 10.2 Å². The van der Waals surface area contributed by atoms with Gasteiger partial charge in [0.15, 0.2) is 5.75 Å². The topological polar surface area (TPSA) is 61.7 Å². The molecule has 0 atom stereocenters. The van der Waals surface area contributed by atoms with Gasteiger partial charge in [-0.05, 0) is 62.1 Å². The summed E-state index contributed by atoms with van der Waals surface area (Å²) in [5.41, 5.74) is 3.59. The van der Waals surface area contributed by atoms with Crippen molar-refractivity contribution in [2.75, 3.05) is 0 Å². The number of hydrogen-bond acceptors (Lipinski definition) is 3. The van der Waals surface area contributed by atoms with Gasteiger partial charge >= 0.3 is 0 Å². The first-order chi connectivity index (χ1) is 12.5. The summed E-state index contributed by atoms with van der Waals surface area (Å²) in [6.45, 7) is 1.92. The second-order valence-corrected chi connectivity index (χ2v) is 6.87. The van der Waals surface area contributed by atoms with Gasteiger partial charge in [-0.15, -0.1) is 0 Å². The Morgan fingerprint density at radius 3 is 2.42 bits per heavy atom. The molecule has 0 bridgehead atoms. The monoisotopic (exact) mass is 385 g/mol. The average molecular weight is 386 g/mol. The quantitative estimate of drug-likeness (QED) is 0.577. The summed E-state index contributed by atoms with van der Waals surface area (Å²) in [6.07, 6.45) is 2.59. The molecule has 0 radical (unpaired) electrons. The number of nitrogens with one attached hydrogen (secondary N) is 1. The summed E-state index contributed by atoms with van der Waals surface area (Å²) in [4.78, 5) is 0. The van der Waals surface area contributed by atoms with Crippen LogP contribution in [0.3, 0.4) is 0 Å². The van der Waals surface area contributed by atoms with E-state index in [-0.39, 0.29) is 0 Å². The van der Waals surface area contributed by atoms with Gasteiger partial charge in [-0.1, -0.05) is 35.3 Å². The Balaban J connectivity index is 1.66. The highest BCUT2D eigenvalue weighted by Crippen LogP contribution is 2.32. The van der Waals surface area contributed by atoms with Crippen molar-refractivity contribution in [2.45, 2.75) is 26.2 Å². The number of ether oxygens (including phenoxy) is 1. The number of aryl methyl sites for hydroxylation is 3. The Labute approximate surface area is 162 Å². The maximum atomic E-state index is 8.85. The first-order valence-electron chi connectivity index (χ1n) is 8.22. The molecule has 0 unspecified atom stereocenters. The van der Waals surface area contributed by atoms with Crippen molar-refractivity contribution in [3.05, 3.63) is 75.0 Å². The van der Waals surface area contributed by atoms with Crippen LogP contribution in [0.2, 0.25) is 10.0 Å². The fourth-order valence-electron chi connectivity index (χ4n) is 2.69. The van der Waals surface area contributed by atoms with Crippen LogP contribution >= 0.6 is 23.2 Å². The number of benzene rings is 2. The lowest BCUT2D eigenvalue weighted by molar-refractivity contribution is 0.472. The molecule has 4 nitrogen and oxygen atoms in total. The second-order valence-electron chi connectivity index (χ2n) is 5.99. The molecule has 0 aliphatic carbocycles. The van der Waals surface area contributed by atoms with Crippen molar-refractivity contribution in [2.24, 2.45) is 0 Å². The van der Waals surface area contributed by atoms with Crippen LogP contribution in [0.5, 0.6) is 11.5 Å². The number of aromatic nitrogens is 2. The van der Waals surface area contributed by atoms with Crippen LogP contribution in [-0.2, 0) is 12.8 Å². The summed E-state index contributed by atoms with van der Waals surface area (Å²) in [5, 5.41) is 17.2. The molecule has 0 amide bonds. The predicted molar refractivity (Wildman–Crippen MR) is 103 cm³/mol. The van der Waals surface area contributed by atoms with Crippen molar-refractivity contribution in [3.8, 4) is 17.6 Å². The molecule has 0 saturated heterocycles. The van der Waals surface area contributed by atoms with E-state index >= 15 is 0 Å². The molecule has 1 N–H and O–H groups in total. The minimum atomic E-state index is 0.524. The lowest BCUT2D eigenvalue weighted by atomic mass is 10.1. The van der Waals surface area contributed by atoms with E-state index in [2.05, 4.69) is 16.3 Å². The first-order valence-corrected chi connectivity index (χ1v) is 8.97. The zero-order chi connectivity index (χ0) is 18.5. The van der Waals surface area contributed by atoms with Crippen LogP contribution in [0, 0.1) is 18.3 Å². The number of aromatic amines is 1. The molecular weight excluding hydrogens is 369 g/mol. The molecule has 26 heavy (non-hydrogen) atoms. The van der Waals surface area contributed by atoms with Gasteiger partial charge in [0, 0.05) is 10.0 Å². The van der Waals surface area contributed by atoms with Crippen LogP contribution in [0.4, 0.5) is 0 Å². The number of nitriles is 1. The Bertz CT molecular complexity index is 922. The second kappa shape index (κ2) is 8.27. The smallest absolute Gasteiger partial charge is 0.171 e. The average Bonchev–Trinajstić information content (AvgIpc) is 2.95. The number of rotatable bonds is 6. The van der Waals surface area contributed by atoms with E-state index in [0.29, 0.717) is 27.1 Å². The number of halogens is 2. The molecule has 0 saturated carbocycles. The van der Waals surface area contributed by atoms with Gasteiger partial charge in [0.1, 0.15) is 11.4 Å². The standard InChI is InChI=1S/C20H17Cl2N3O/c1-13-20(26-18-10-16(21)9-17(22)11-18)19(25-24-13)4-2-3-14-5-7-15(12-23)8-6-14/h5-11H,2-4H2,1H3,(H,24,25). The van der Waals surface area contributed by atoms with Crippen LogP contribution in [0.15, 0.2) is 42.5 Å². The van der Waals surface area contributed by atoms with E-state index in [4.69, 9.17) is 33.2 Å². The van der Waals surface area contributed by atoms with Crippen molar-refractivity contribution >= 4 is 23.2 Å². The van der Waals surface area contributed by atoms with E-state index in [1.807, 2.05) is 31.2 Å². The lowest BCUT2D eigenvalue weighted by Gasteiger charge is -2.08. The molecule has 3 rings (SSSR count). The van der Waals surface area contributed by atoms with Crippen molar-refractivity contribution < 1.29 is 4.74 Å². The minimum Gasteiger partial charge on any atom is -0.453 e. The molecular formula is C20H17Cl2N3O. The zero-order valence-corrected chi connectivity index (χ0v) is 15.7. The number of hydrogen-bond donors (Lipinski definition) is 1. The molecule has 0 spiro atoms. The van der Waals surface area contributed by atoms with E-state index in [1.54, 1.807) is 18.2 Å². The molecule has 0 fully saturated rings. The summed E-state index contributed by atoms with van der Waals surface area (Å²) >= 11 is 12.1. The van der Waals surface area contributed by atoms with Crippen molar-refractivity contribution in [1.82, 2.24) is 10.2 Å². The Kier molecular flexibility index (Phi) is 5.82. The highest BCUT2D eigenvalue weighted by molar-refractivity contribution is 6.34. The summed E-state index contributed by atoms with van der Waals surface area (Å²) in [6, 6.07) is 14.9. The maximum absolute atomic E-state index is 8.85. The third-order valence-corrected chi connectivity index (χ3v) is 4.42. The van der Waals surface area contributed by atoms with Crippen molar-refractivity contribution in [3.63, 3.8) is 0 Å². The SMILES string of the molecule is Cc1[nH]nc(CCCc2ccc(C#N)cc2)c1Oc1cc(Cl)cc(Cl)c1. The summed E-state index contributed by atoms with van der Waals surface area (Å²) in [5.74, 6) is 1.29. The molecule has 0 aliphatic rings. The molecule has 1 heterocycles. The number of nitrogens with zero attached hydrogens (tertiary/aromatic N) is 2. The Morgan fingerprint density at radius 2 is 1.77 bits per heavy atom. The van der Waals surface area contributed by atoms with Gasteiger partial charge in [-0.3, -0.25) is 5.10 Å². The van der Waals surface area contributed by atoms with Crippen LogP contribution in [0.1, 0.15) is 28.9 Å². The normalized spacial score (nSPS) is 10.5. The fraction of sp³-hybridized carbons (Fsp3) is 0.200. The number of H-pyrrole nitrogens is 1. The zero-order valence-electron chi connectivity index (χ0n) is 14.2. The van der Waals surface area contributed by atoms with E-state index < -0.39 is 0 Å². The van der Waals surface area contributed by atoms with E-state index in [0.717, 1.165) is 30.7 Å². The molecule has 2 aromatic carbocycles. The van der Waals surface area contributed by atoms with Gasteiger partial charge in [-0.2, -0.15) is 10.4 Å². The largest absolute Gasteiger partial charge is 0.453 e. The van der Waals surface area contributed by atoms with Gasteiger partial charge < -0.3 is 4.74 Å².